The van der Waals surface area contributed by atoms with Crippen LogP contribution in [0.15, 0.2) is 18.2 Å². The Kier molecular flexibility index (Phi) is 4.57. The minimum Gasteiger partial charge on any atom is -0.378 e. The van der Waals surface area contributed by atoms with Gasteiger partial charge < -0.3 is 4.74 Å². The summed E-state index contributed by atoms with van der Waals surface area (Å²) < 4.78 is 31.8. The Labute approximate surface area is 111 Å². The second kappa shape index (κ2) is 5.98. The van der Waals surface area contributed by atoms with Gasteiger partial charge in [0.15, 0.2) is 0 Å². The van der Waals surface area contributed by atoms with E-state index in [4.69, 9.17) is 16.3 Å². The van der Waals surface area contributed by atoms with Crippen LogP contribution in [0, 0.1) is 17.6 Å². The van der Waals surface area contributed by atoms with Crippen molar-refractivity contribution in [2.75, 3.05) is 6.61 Å². The maximum absolute atomic E-state index is 13.5. The molecule has 4 heteroatoms. The van der Waals surface area contributed by atoms with Crippen molar-refractivity contribution in [1.29, 1.82) is 0 Å². The number of hydrogen-bond acceptors (Lipinski definition) is 1. The Morgan fingerprint density at radius 2 is 2.11 bits per heavy atom. The SMILES string of the molecule is CCOC1CC(CC(Cl)c2ccc(F)cc2F)C1. The van der Waals surface area contributed by atoms with Crippen LogP contribution in [0.1, 0.15) is 37.1 Å². The summed E-state index contributed by atoms with van der Waals surface area (Å²) in [5.41, 5.74) is 0.387. The highest BCUT2D eigenvalue weighted by Crippen LogP contribution is 2.39. The molecule has 1 aromatic rings. The molecule has 1 fully saturated rings. The third-order valence-corrected chi connectivity index (χ3v) is 3.85. The third-order valence-electron chi connectivity index (χ3n) is 3.44. The van der Waals surface area contributed by atoms with E-state index in [1.165, 1.54) is 12.1 Å². The first-order valence-corrected chi connectivity index (χ1v) is 6.74. The van der Waals surface area contributed by atoms with Gasteiger partial charge in [-0.25, -0.2) is 8.78 Å². The summed E-state index contributed by atoms with van der Waals surface area (Å²) in [4.78, 5) is 0. The van der Waals surface area contributed by atoms with E-state index >= 15 is 0 Å². The standard InChI is InChI=1S/C14H17ClF2O/c1-2-18-11-5-9(6-11)7-13(15)12-4-3-10(16)8-14(12)17/h3-4,8-9,11,13H,2,5-7H2,1H3. The lowest BCUT2D eigenvalue weighted by molar-refractivity contribution is -0.0267. The number of alkyl halides is 1. The first-order valence-electron chi connectivity index (χ1n) is 6.30. The van der Waals surface area contributed by atoms with E-state index in [0.717, 1.165) is 25.5 Å². The highest BCUT2D eigenvalue weighted by molar-refractivity contribution is 6.20. The van der Waals surface area contributed by atoms with Gasteiger partial charge in [0.2, 0.25) is 0 Å². The lowest BCUT2D eigenvalue weighted by Crippen LogP contribution is -2.31. The van der Waals surface area contributed by atoms with Crippen molar-refractivity contribution < 1.29 is 13.5 Å². The van der Waals surface area contributed by atoms with Crippen LogP contribution >= 0.6 is 11.6 Å². The summed E-state index contributed by atoms with van der Waals surface area (Å²) in [6, 6.07) is 3.56. The first-order chi connectivity index (χ1) is 8.60. The molecule has 0 amide bonds. The van der Waals surface area contributed by atoms with Gasteiger partial charge in [0.1, 0.15) is 11.6 Å². The molecule has 2 rings (SSSR count). The van der Waals surface area contributed by atoms with Crippen LogP contribution in [0.25, 0.3) is 0 Å². The molecule has 1 aromatic carbocycles. The predicted molar refractivity (Wildman–Crippen MR) is 67.7 cm³/mol. The van der Waals surface area contributed by atoms with E-state index in [2.05, 4.69) is 0 Å². The molecule has 0 aliphatic heterocycles. The molecule has 100 valence electrons. The molecule has 0 aromatic heterocycles. The summed E-state index contributed by atoms with van der Waals surface area (Å²) in [6.07, 6.45) is 3.02. The number of ether oxygens (including phenoxy) is 1. The average molecular weight is 275 g/mol. The molecule has 0 spiro atoms. The summed E-state index contributed by atoms with van der Waals surface area (Å²) in [5.74, 6) is -0.649. The zero-order chi connectivity index (χ0) is 13.1. The zero-order valence-electron chi connectivity index (χ0n) is 10.3. The van der Waals surface area contributed by atoms with E-state index < -0.39 is 17.0 Å². The fourth-order valence-corrected chi connectivity index (χ4v) is 2.84. The third kappa shape index (κ3) is 3.21. The highest BCUT2D eigenvalue weighted by Gasteiger charge is 2.31. The fourth-order valence-electron chi connectivity index (χ4n) is 2.41. The molecule has 0 heterocycles. The molecular formula is C14H17ClF2O. The predicted octanol–water partition coefficient (Wildman–Crippen LogP) is 4.45. The molecule has 0 bridgehead atoms. The van der Waals surface area contributed by atoms with Crippen molar-refractivity contribution in [2.45, 2.75) is 37.7 Å². The van der Waals surface area contributed by atoms with Crippen molar-refractivity contribution in [3.63, 3.8) is 0 Å². The van der Waals surface area contributed by atoms with Gasteiger partial charge in [-0.1, -0.05) is 6.07 Å². The molecule has 0 radical (unpaired) electrons. The van der Waals surface area contributed by atoms with E-state index in [1.807, 2.05) is 6.92 Å². The van der Waals surface area contributed by atoms with E-state index in [1.54, 1.807) is 0 Å². The number of rotatable bonds is 5. The van der Waals surface area contributed by atoms with Crippen LogP contribution in [0.3, 0.4) is 0 Å². The summed E-state index contributed by atoms with van der Waals surface area (Å²) in [5, 5.41) is -0.391. The number of benzene rings is 1. The monoisotopic (exact) mass is 274 g/mol. The smallest absolute Gasteiger partial charge is 0.130 e. The summed E-state index contributed by atoms with van der Waals surface area (Å²) in [7, 11) is 0. The van der Waals surface area contributed by atoms with Crippen molar-refractivity contribution in [3.8, 4) is 0 Å². The van der Waals surface area contributed by atoms with E-state index in [0.29, 0.717) is 24.0 Å². The second-order valence-electron chi connectivity index (χ2n) is 4.78. The van der Waals surface area contributed by atoms with Crippen LogP contribution in [0.2, 0.25) is 0 Å². The Balaban J connectivity index is 1.87. The molecule has 1 atom stereocenters. The van der Waals surface area contributed by atoms with Crippen LogP contribution < -0.4 is 0 Å². The van der Waals surface area contributed by atoms with E-state index in [9.17, 15) is 8.78 Å². The average Bonchev–Trinajstić information content (AvgIpc) is 2.26. The lowest BCUT2D eigenvalue weighted by Gasteiger charge is -2.36. The molecule has 0 saturated heterocycles. The van der Waals surface area contributed by atoms with Crippen LogP contribution in [0.4, 0.5) is 8.78 Å². The van der Waals surface area contributed by atoms with Crippen molar-refractivity contribution in [2.24, 2.45) is 5.92 Å². The zero-order valence-corrected chi connectivity index (χ0v) is 11.1. The number of halogens is 3. The van der Waals surface area contributed by atoms with Gasteiger partial charge in [0.05, 0.1) is 11.5 Å². The van der Waals surface area contributed by atoms with Gasteiger partial charge in [0.25, 0.3) is 0 Å². The largest absolute Gasteiger partial charge is 0.378 e. The van der Waals surface area contributed by atoms with Crippen LogP contribution in [-0.4, -0.2) is 12.7 Å². The van der Waals surface area contributed by atoms with Crippen molar-refractivity contribution >= 4 is 11.6 Å². The van der Waals surface area contributed by atoms with Gasteiger partial charge >= 0.3 is 0 Å². The van der Waals surface area contributed by atoms with Crippen LogP contribution in [-0.2, 0) is 4.74 Å². The normalized spacial score (nSPS) is 24.7. The second-order valence-corrected chi connectivity index (χ2v) is 5.31. The van der Waals surface area contributed by atoms with Gasteiger partial charge in [0, 0.05) is 18.2 Å². The Morgan fingerprint density at radius 1 is 1.39 bits per heavy atom. The van der Waals surface area contributed by atoms with E-state index in [-0.39, 0.29) is 0 Å². The van der Waals surface area contributed by atoms with Gasteiger partial charge in [-0.2, -0.15) is 0 Å². The number of hydrogen-bond donors (Lipinski definition) is 0. The molecular weight excluding hydrogens is 258 g/mol. The van der Waals surface area contributed by atoms with Crippen LogP contribution in [0.5, 0.6) is 0 Å². The Bertz CT molecular complexity index is 405. The summed E-state index contributed by atoms with van der Waals surface area (Å²) in [6.45, 7) is 2.71. The molecule has 0 N–H and O–H groups in total. The lowest BCUT2D eigenvalue weighted by atomic mass is 9.78. The highest BCUT2D eigenvalue weighted by atomic mass is 35.5. The maximum atomic E-state index is 13.5. The molecule has 1 nitrogen and oxygen atoms in total. The molecule has 18 heavy (non-hydrogen) atoms. The quantitative estimate of drug-likeness (QED) is 0.721. The van der Waals surface area contributed by atoms with Crippen molar-refractivity contribution in [1.82, 2.24) is 0 Å². The minimum absolute atomic E-state index is 0.335. The summed E-state index contributed by atoms with van der Waals surface area (Å²) >= 11 is 6.19. The Hall–Kier alpha value is -0.670. The molecule has 1 aliphatic carbocycles. The van der Waals surface area contributed by atoms with Gasteiger partial charge in [-0.3, -0.25) is 0 Å². The topological polar surface area (TPSA) is 9.23 Å². The molecule has 1 saturated carbocycles. The van der Waals surface area contributed by atoms with Gasteiger partial charge in [-0.15, -0.1) is 11.6 Å². The fraction of sp³-hybridized carbons (Fsp3) is 0.571. The molecule has 1 unspecified atom stereocenters. The maximum Gasteiger partial charge on any atom is 0.130 e. The Morgan fingerprint density at radius 3 is 2.72 bits per heavy atom. The molecule has 1 aliphatic rings. The van der Waals surface area contributed by atoms with Gasteiger partial charge in [-0.05, 0) is 38.2 Å². The first kappa shape index (κ1) is 13.8. The minimum atomic E-state index is -0.569. The van der Waals surface area contributed by atoms with Crippen molar-refractivity contribution in [3.05, 3.63) is 35.4 Å².